The summed E-state index contributed by atoms with van der Waals surface area (Å²) in [6, 6.07) is 5.87. The van der Waals surface area contributed by atoms with Crippen molar-refractivity contribution in [3.63, 3.8) is 0 Å². The molecule has 1 aromatic carbocycles. The zero-order valence-corrected chi connectivity index (χ0v) is 10.2. The first-order valence-corrected chi connectivity index (χ1v) is 5.12. The molecule has 0 amide bonds. The van der Waals surface area contributed by atoms with Crippen LogP contribution in [0, 0.1) is 0 Å². The molecule has 0 saturated heterocycles. The van der Waals surface area contributed by atoms with Gasteiger partial charge in [-0.05, 0) is 23.6 Å². The van der Waals surface area contributed by atoms with Gasteiger partial charge in [0.2, 0.25) is 10.5 Å². The molecule has 2 aromatic rings. The number of benzene rings is 1. The average Bonchev–Trinajstić information content (AvgIpc) is 2.27. The maximum Gasteiger partial charge on any atom is 0.204 e. The summed E-state index contributed by atoms with van der Waals surface area (Å²) in [6.07, 6.45) is 3.58. The summed E-state index contributed by atoms with van der Waals surface area (Å²) in [6.45, 7) is 0. The van der Waals surface area contributed by atoms with E-state index in [4.69, 9.17) is 9.16 Å². The van der Waals surface area contributed by atoms with Gasteiger partial charge in [0, 0.05) is 17.8 Å². The molecule has 1 heterocycles. The highest BCUT2D eigenvalue weighted by Gasteiger charge is 2.04. The van der Waals surface area contributed by atoms with E-state index in [9.17, 15) is 0 Å². The lowest BCUT2D eigenvalue weighted by Crippen LogP contribution is -1.91. The molecule has 0 fully saturated rings. The quantitative estimate of drug-likeness (QED) is 0.683. The molecule has 0 bridgehead atoms. The standard InChI is InChI=1S/C10H11NO2Si/c1-12-9-5-8-6-11-3-2-7(8)4-10(9)13-14/h2-6H,1,14H3. The minimum absolute atomic E-state index is 0.660. The van der Waals surface area contributed by atoms with Crippen LogP contribution in [0.2, 0.25) is 0 Å². The Bertz CT molecular complexity index is 416. The van der Waals surface area contributed by atoms with E-state index in [1.165, 1.54) is 0 Å². The molecule has 0 aliphatic carbocycles. The Labute approximate surface area is 85.2 Å². The highest BCUT2D eigenvalue weighted by molar-refractivity contribution is 6.00. The highest BCUT2D eigenvalue weighted by Crippen LogP contribution is 2.31. The lowest BCUT2D eigenvalue weighted by Gasteiger charge is -2.09. The first-order valence-electron chi connectivity index (χ1n) is 4.31. The molecule has 0 spiro atoms. The van der Waals surface area contributed by atoms with Crippen molar-refractivity contribution in [1.29, 1.82) is 0 Å². The van der Waals surface area contributed by atoms with E-state index in [1.807, 2.05) is 24.4 Å². The van der Waals surface area contributed by atoms with E-state index in [0.29, 0.717) is 10.5 Å². The molecule has 0 aliphatic heterocycles. The van der Waals surface area contributed by atoms with Gasteiger partial charge in [-0.15, -0.1) is 0 Å². The van der Waals surface area contributed by atoms with Crippen LogP contribution in [0.5, 0.6) is 11.5 Å². The predicted octanol–water partition coefficient (Wildman–Crippen LogP) is 0.903. The molecule has 4 heteroatoms. The summed E-state index contributed by atoms with van der Waals surface area (Å²) in [5.74, 6) is 1.57. The van der Waals surface area contributed by atoms with Gasteiger partial charge in [0.05, 0.1) is 7.11 Å². The Morgan fingerprint density at radius 2 is 2.00 bits per heavy atom. The smallest absolute Gasteiger partial charge is 0.204 e. The second-order valence-electron chi connectivity index (χ2n) is 2.93. The molecule has 0 radical (unpaired) electrons. The molecule has 0 N–H and O–H groups in total. The van der Waals surface area contributed by atoms with Crippen LogP contribution in [0.25, 0.3) is 10.8 Å². The van der Waals surface area contributed by atoms with Crippen molar-refractivity contribution in [3.05, 3.63) is 30.6 Å². The van der Waals surface area contributed by atoms with Crippen LogP contribution in [-0.4, -0.2) is 22.6 Å². The molecule has 0 unspecified atom stereocenters. The largest absolute Gasteiger partial charge is 0.551 e. The molecular formula is C10H11NO2Si. The van der Waals surface area contributed by atoms with Crippen LogP contribution in [0.4, 0.5) is 0 Å². The second-order valence-corrected chi connectivity index (χ2v) is 3.34. The number of pyridine rings is 1. The van der Waals surface area contributed by atoms with Gasteiger partial charge >= 0.3 is 0 Å². The third kappa shape index (κ3) is 1.44. The average molecular weight is 205 g/mol. The summed E-state index contributed by atoms with van der Waals surface area (Å²) in [5.41, 5.74) is 0. The maximum absolute atomic E-state index is 5.34. The molecular weight excluding hydrogens is 194 g/mol. The van der Waals surface area contributed by atoms with Crippen LogP contribution in [0.15, 0.2) is 30.6 Å². The van der Waals surface area contributed by atoms with Crippen LogP contribution >= 0.6 is 0 Å². The third-order valence-electron chi connectivity index (χ3n) is 2.14. The van der Waals surface area contributed by atoms with E-state index in [0.717, 1.165) is 22.3 Å². The fourth-order valence-electron chi connectivity index (χ4n) is 1.41. The fourth-order valence-corrected chi connectivity index (χ4v) is 1.73. The first kappa shape index (κ1) is 9.02. The summed E-state index contributed by atoms with van der Waals surface area (Å²) >= 11 is 0. The van der Waals surface area contributed by atoms with Crippen molar-refractivity contribution in [2.45, 2.75) is 0 Å². The van der Waals surface area contributed by atoms with Gasteiger partial charge in [-0.2, -0.15) is 0 Å². The molecule has 3 nitrogen and oxygen atoms in total. The number of nitrogens with zero attached hydrogens (tertiary/aromatic N) is 1. The van der Waals surface area contributed by atoms with Gasteiger partial charge < -0.3 is 9.16 Å². The molecule has 0 aliphatic rings. The number of hydrogen-bond donors (Lipinski definition) is 0. The van der Waals surface area contributed by atoms with E-state index >= 15 is 0 Å². The number of ether oxygens (including phenoxy) is 1. The molecule has 2 rings (SSSR count). The molecule has 0 saturated carbocycles. The monoisotopic (exact) mass is 205 g/mol. The number of methoxy groups -OCH3 is 1. The Balaban J connectivity index is 2.69. The summed E-state index contributed by atoms with van der Waals surface area (Å²) in [4.78, 5) is 4.06. The van der Waals surface area contributed by atoms with Crippen molar-refractivity contribution >= 4 is 21.3 Å². The topological polar surface area (TPSA) is 31.4 Å². The number of rotatable bonds is 2. The summed E-state index contributed by atoms with van der Waals surface area (Å²) in [5, 5.41) is 2.18. The van der Waals surface area contributed by atoms with Crippen molar-refractivity contribution in [3.8, 4) is 11.5 Å². The van der Waals surface area contributed by atoms with Gasteiger partial charge in [0.1, 0.15) is 5.75 Å². The molecule has 14 heavy (non-hydrogen) atoms. The third-order valence-corrected chi connectivity index (χ3v) is 2.58. The van der Waals surface area contributed by atoms with Gasteiger partial charge in [-0.3, -0.25) is 4.98 Å². The minimum Gasteiger partial charge on any atom is -0.551 e. The second kappa shape index (κ2) is 3.67. The minimum atomic E-state index is 0.660. The van der Waals surface area contributed by atoms with E-state index < -0.39 is 0 Å². The van der Waals surface area contributed by atoms with Crippen molar-refractivity contribution in [2.24, 2.45) is 0 Å². The van der Waals surface area contributed by atoms with Gasteiger partial charge in [-0.25, -0.2) is 0 Å². The summed E-state index contributed by atoms with van der Waals surface area (Å²) < 4.78 is 10.6. The molecule has 1 aromatic heterocycles. The van der Waals surface area contributed by atoms with E-state index in [1.54, 1.807) is 13.3 Å². The fraction of sp³-hybridized carbons (Fsp3) is 0.100. The van der Waals surface area contributed by atoms with Crippen molar-refractivity contribution in [2.75, 3.05) is 7.11 Å². The normalized spacial score (nSPS) is 10.4. The molecule has 0 atom stereocenters. The first-order chi connectivity index (χ1) is 6.85. The zero-order chi connectivity index (χ0) is 9.97. The van der Waals surface area contributed by atoms with Crippen LogP contribution in [0.3, 0.4) is 0 Å². The van der Waals surface area contributed by atoms with Gasteiger partial charge in [0.25, 0.3) is 0 Å². The van der Waals surface area contributed by atoms with Gasteiger partial charge in [-0.1, -0.05) is 0 Å². The lowest BCUT2D eigenvalue weighted by atomic mass is 10.1. The Hall–Kier alpha value is -1.55. The van der Waals surface area contributed by atoms with Crippen LogP contribution < -0.4 is 9.16 Å². The Morgan fingerprint density at radius 3 is 2.71 bits per heavy atom. The zero-order valence-electron chi connectivity index (χ0n) is 8.15. The van der Waals surface area contributed by atoms with E-state index in [-0.39, 0.29) is 0 Å². The summed E-state index contributed by atoms with van der Waals surface area (Å²) in [7, 11) is 2.30. The Kier molecular flexibility index (Phi) is 2.37. The van der Waals surface area contributed by atoms with Crippen LogP contribution in [0.1, 0.15) is 0 Å². The number of aromatic nitrogens is 1. The maximum atomic E-state index is 5.34. The SMILES string of the molecule is COc1cc2cnccc2cc1O[SiH3]. The van der Waals surface area contributed by atoms with Gasteiger partial charge in [0.15, 0.2) is 5.75 Å². The number of fused-ring (bicyclic) bond motifs is 1. The molecule has 72 valence electrons. The Morgan fingerprint density at radius 1 is 1.21 bits per heavy atom. The van der Waals surface area contributed by atoms with Crippen LogP contribution in [-0.2, 0) is 0 Å². The van der Waals surface area contributed by atoms with Crippen molar-refractivity contribution < 1.29 is 9.16 Å². The van der Waals surface area contributed by atoms with Crippen molar-refractivity contribution in [1.82, 2.24) is 4.98 Å². The van der Waals surface area contributed by atoms with E-state index in [2.05, 4.69) is 4.98 Å². The number of hydrogen-bond acceptors (Lipinski definition) is 3. The lowest BCUT2D eigenvalue weighted by molar-refractivity contribution is 0.398. The highest BCUT2D eigenvalue weighted by atomic mass is 28.2. The predicted molar refractivity (Wildman–Crippen MR) is 58.9 cm³/mol.